The van der Waals surface area contributed by atoms with Gasteiger partial charge in [-0.05, 0) is 105 Å². The molecule has 1 saturated heterocycles. The molecule has 2 fully saturated rings. The van der Waals surface area contributed by atoms with Crippen molar-refractivity contribution in [3.05, 3.63) is 70.8 Å². The number of rotatable bonds is 4. The number of carbonyl (C=O) groups excluding carboxylic acids is 2. The average molecular weight is 755 g/mol. The summed E-state index contributed by atoms with van der Waals surface area (Å²) in [6.45, 7) is 3.48. The van der Waals surface area contributed by atoms with Crippen LogP contribution in [0.15, 0.2) is 52.9 Å². The van der Waals surface area contributed by atoms with Crippen LogP contribution in [-0.2, 0) is 31.2 Å². The van der Waals surface area contributed by atoms with E-state index in [4.69, 9.17) is 9.47 Å². The molecule has 2 aliphatic carbocycles. The number of anilines is 1. The number of amides is 3. The van der Waals surface area contributed by atoms with Gasteiger partial charge < -0.3 is 24.0 Å². The van der Waals surface area contributed by atoms with Crippen LogP contribution in [0.1, 0.15) is 78.9 Å². The lowest BCUT2D eigenvalue weighted by molar-refractivity contribution is -0.171. The number of urea groups is 1. The highest BCUT2D eigenvalue weighted by Crippen LogP contribution is 2.47. The van der Waals surface area contributed by atoms with Crippen LogP contribution in [0.2, 0.25) is 0 Å². The number of ether oxygens (including phenoxy) is 3. The molecule has 2 aromatic rings. The molecule has 3 amide bonds. The fourth-order valence-electron chi connectivity index (χ4n) is 9.07. The van der Waals surface area contributed by atoms with Crippen LogP contribution in [-0.4, -0.2) is 85.5 Å². The normalized spacial score (nSPS) is 31.4. The second-order valence-electron chi connectivity index (χ2n) is 15.8. The van der Waals surface area contributed by atoms with Gasteiger partial charge in [-0.3, -0.25) is 9.52 Å². The van der Waals surface area contributed by atoms with Crippen LogP contribution in [0.25, 0.3) is 0 Å². The first kappa shape index (κ1) is 37.8. The molecule has 3 heterocycles. The largest absolute Gasteiger partial charge is 0.490 e. The van der Waals surface area contributed by atoms with Crippen LogP contribution in [0.5, 0.6) is 5.75 Å². The molecule has 10 nitrogen and oxygen atoms in total. The molecule has 288 valence electrons. The molecule has 53 heavy (non-hydrogen) atoms. The van der Waals surface area contributed by atoms with E-state index in [1.54, 1.807) is 13.2 Å². The maximum absolute atomic E-state index is 14.6. The SMILES string of the molecule is CO[C@H]1/C=C/C[C@H](C)CS(=O)(NC(=O)N2CCC(OC(F)F)CC2)=NC(=O)c2ccc3c(c2)N(C[C@@H]2CC[C@H]21)C[C@@]1(CCCc2cc(C)ccc21)CO3. The fraction of sp³-hybridized carbons (Fsp3) is 0.600. The third-order valence-electron chi connectivity index (χ3n) is 12.0. The number of likely N-dealkylation sites (tertiary alicyclic amines) is 1. The number of piperidine rings is 1. The number of benzene rings is 2. The van der Waals surface area contributed by atoms with Crippen LogP contribution in [0, 0.1) is 24.7 Å². The Morgan fingerprint density at radius 1 is 1.13 bits per heavy atom. The van der Waals surface area contributed by atoms with Crippen molar-refractivity contribution in [1.82, 2.24) is 9.62 Å². The Morgan fingerprint density at radius 3 is 2.68 bits per heavy atom. The number of aryl methyl sites for hydroxylation is 2. The molecule has 1 N–H and O–H groups in total. The van der Waals surface area contributed by atoms with Gasteiger partial charge in [0.05, 0.1) is 30.3 Å². The van der Waals surface area contributed by atoms with E-state index in [1.807, 2.05) is 25.1 Å². The van der Waals surface area contributed by atoms with Crippen molar-refractivity contribution < 1.29 is 36.8 Å². The maximum atomic E-state index is 14.6. The van der Waals surface area contributed by atoms with Gasteiger partial charge in [0.15, 0.2) is 0 Å². The highest BCUT2D eigenvalue weighted by Gasteiger charge is 2.44. The molecule has 1 saturated carbocycles. The maximum Gasteiger partial charge on any atom is 0.345 e. The Kier molecular flexibility index (Phi) is 11.2. The Hall–Kier alpha value is -3.55. The van der Waals surface area contributed by atoms with Gasteiger partial charge in [0.1, 0.15) is 15.7 Å². The monoisotopic (exact) mass is 754 g/mol. The number of carbonyl (C=O) groups is 2. The predicted molar refractivity (Wildman–Crippen MR) is 200 cm³/mol. The lowest BCUT2D eigenvalue weighted by atomic mass is 9.68. The van der Waals surface area contributed by atoms with E-state index in [1.165, 1.54) is 21.6 Å². The predicted octanol–water partition coefficient (Wildman–Crippen LogP) is 7.04. The van der Waals surface area contributed by atoms with Crippen LogP contribution in [0.4, 0.5) is 19.3 Å². The molecule has 5 aliphatic rings. The van der Waals surface area contributed by atoms with E-state index in [0.29, 0.717) is 30.6 Å². The van der Waals surface area contributed by atoms with Crippen molar-refractivity contribution in [1.29, 1.82) is 0 Å². The minimum absolute atomic E-state index is 0.0505. The second-order valence-corrected chi connectivity index (χ2v) is 17.8. The van der Waals surface area contributed by atoms with E-state index in [9.17, 15) is 22.6 Å². The summed E-state index contributed by atoms with van der Waals surface area (Å²) < 4.78 is 64.3. The van der Waals surface area contributed by atoms with Gasteiger partial charge >= 0.3 is 12.6 Å². The number of methoxy groups -OCH3 is 1. The van der Waals surface area contributed by atoms with Crippen LogP contribution < -0.4 is 14.4 Å². The van der Waals surface area contributed by atoms with Crippen molar-refractivity contribution in [2.75, 3.05) is 50.5 Å². The molecule has 2 bridgehead atoms. The Labute approximate surface area is 311 Å². The Morgan fingerprint density at radius 2 is 1.94 bits per heavy atom. The fourth-order valence-corrected chi connectivity index (χ4v) is 11.0. The second kappa shape index (κ2) is 15.7. The number of halogens is 2. The van der Waals surface area contributed by atoms with Crippen molar-refractivity contribution in [2.24, 2.45) is 22.1 Å². The van der Waals surface area contributed by atoms with E-state index in [-0.39, 0.29) is 54.7 Å². The van der Waals surface area contributed by atoms with Crippen molar-refractivity contribution in [3.8, 4) is 5.75 Å². The van der Waals surface area contributed by atoms with Gasteiger partial charge in [-0.15, -0.1) is 4.36 Å². The van der Waals surface area contributed by atoms with Gasteiger partial charge in [-0.1, -0.05) is 42.8 Å². The molecular formula is C40H52F2N4O6S. The summed E-state index contributed by atoms with van der Waals surface area (Å²) in [5.74, 6) is 0.463. The van der Waals surface area contributed by atoms with Crippen molar-refractivity contribution in [3.63, 3.8) is 0 Å². The molecule has 2 aromatic carbocycles. The zero-order chi connectivity index (χ0) is 37.3. The van der Waals surface area contributed by atoms with E-state index in [2.05, 4.69) is 49.9 Å². The smallest absolute Gasteiger partial charge is 0.345 e. The number of fused-ring (bicyclic) bond motifs is 4. The lowest BCUT2D eigenvalue weighted by Gasteiger charge is -2.46. The van der Waals surface area contributed by atoms with Crippen LogP contribution in [0.3, 0.4) is 0 Å². The van der Waals surface area contributed by atoms with E-state index < -0.39 is 34.6 Å². The molecule has 0 aromatic heterocycles. The highest BCUT2D eigenvalue weighted by atomic mass is 32.2. The number of allylic oxidation sites excluding steroid dienone is 1. The summed E-state index contributed by atoms with van der Waals surface area (Å²) in [7, 11) is -1.85. The Balaban J connectivity index is 1.23. The first-order valence-electron chi connectivity index (χ1n) is 19.0. The zero-order valence-corrected chi connectivity index (χ0v) is 31.8. The quantitative estimate of drug-likeness (QED) is 0.334. The van der Waals surface area contributed by atoms with Gasteiger partial charge in [0.2, 0.25) is 0 Å². The van der Waals surface area contributed by atoms with Gasteiger partial charge in [0, 0.05) is 44.3 Å². The van der Waals surface area contributed by atoms with Crippen molar-refractivity contribution in [2.45, 2.75) is 89.4 Å². The summed E-state index contributed by atoms with van der Waals surface area (Å²) in [6, 6.07) is 11.4. The van der Waals surface area contributed by atoms with Gasteiger partial charge in [0.25, 0.3) is 5.91 Å². The summed E-state index contributed by atoms with van der Waals surface area (Å²) in [5, 5.41) is 0. The number of nitrogens with zero attached hydrogens (tertiary/aromatic N) is 3. The standard InChI is InChI=1S/C40H52F2N4O6S/c1-26-9-13-33-28(20-26)7-5-17-40(33)24-46-22-30-10-12-32(30)35(50-3)8-4-6-27(2)23-53(49,43-37(47)29-11-14-36(51-25-40)34(46)21-29)44-39(48)45-18-15-31(16-19-45)52-38(41)42/h4,8-9,11,13-14,20-21,27,30-32,35,38H,5-7,10,12,15-19,22-25H2,1-3H3,(H,43,44,47,48,49)/b8-4+/t27-,30-,32+,35-,40-,53?/m0/s1. The van der Waals surface area contributed by atoms with Crippen molar-refractivity contribution >= 4 is 27.5 Å². The van der Waals surface area contributed by atoms with Crippen LogP contribution >= 0.6 is 0 Å². The summed E-state index contributed by atoms with van der Waals surface area (Å²) >= 11 is 0. The third kappa shape index (κ3) is 8.27. The molecule has 1 unspecified atom stereocenters. The number of hydrogen-bond donors (Lipinski definition) is 1. The number of hydrogen-bond acceptors (Lipinski definition) is 7. The molecule has 6 atom stereocenters. The summed E-state index contributed by atoms with van der Waals surface area (Å²) in [4.78, 5) is 31.3. The Bertz CT molecular complexity index is 1840. The highest BCUT2D eigenvalue weighted by molar-refractivity contribution is 7.92. The number of nitrogens with one attached hydrogen (secondary N) is 1. The zero-order valence-electron chi connectivity index (χ0n) is 30.9. The first-order valence-corrected chi connectivity index (χ1v) is 20.7. The molecule has 1 spiro atoms. The van der Waals surface area contributed by atoms with E-state index >= 15 is 0 Å². The average Bonchev–Trinajstić information content (AvgIpc) is 3.25. The lowest BCUT2D eigenvalue weighted by Crippen LogP contribution is -2.49. The molecule has 7 rings (SSSR count). The molecule has 13 heteroatoms. The minimum atomic E-state index is -3.60. The van der Waals surface area contributed by atoms with E-state index in [0.717, 1.165) is 50.9 Å². The van der Waals surface area contributed by atoms with Gasteiger partial charge in [-0.2, -0.15) is 8.78 Å². The molecular weight excluding hydrogens is 703 g/mol. The minimum Gasteiger partial charge on any atom is -0.490 e. The third-order valence-corrected chi connectivity index (χ3v) is 14.0. The molecule has 3 aliphatic heterocycles. The first-order chi connectivity index (χ1) is 25.4. The summed E-state index contributed by atoms with van der Waals surface area (Å²) in [6.07, 6.45) is 9.63. The summed E-state index contributed by atoms with van der Waals surface area (Å²) in [5.41, 5.74) is 4.79. The number of alkyl halides is 2. The molecule has 0 radical (unpaired) electrons. The van der Waals surface area contributed by atoms with Gasteiger partial charge in [-0.25, -0.2) is 9.00 Å². The topological polar surface area (TPSA) is 110 Å².